The Hall–Kier alpha value is -1.55. The number of carbonyl (C=O) groups is 2. The molecule has 1 saturated heterocycles. The molecular weight excluding hydrogens is 362 g/mol. The fourth-order valence-corrected chi connectivity index (χ4v) is 7.10. The van der Waals surface area contributed by atoms with E-state index in [-0.39, 0.29) is 17.2 Å². The minimum Gasteiger partial charge on any atom is -0.481 e. The maximum Gasteiger partial charge on any atom is 0.308 e. The van der Waals surface area contributed by atoms with Crippen molar-refractivity contribution in [2.45, 2.75) is 44.4 Å². The van der Waals surface area contributed by atoms with Gasteiger partial charge in [0.05, 0.1) is 11.3 Å². The van der Waals surface area contributed by atoms with Gasteiger partial charge in [-0.1, -0.05) is 23.7 Å². The average molecular weight is 388 g/mol. The van der Waals surface area contributed by atoms with E-state index in [0.29, 0.717) is 35.9 Å². The van der Waals surface area contributed by atoms with E-state index in [2.05, 4.69) is 0 Å². The Labute approximate surface area is 164 Å². The van der Waals surface area contributed by atoms with Gasteiger partial charge in [0.2, 0.25) is 5.91 Å². The Bertz CT molecular complexity index is 739. The van der Waals surface area contributed by atoms with Crippen molar-refractivity contribution in [1.29, 1.82) is 0 Å². The van der Waals surface area contributed by atoms with Gasteiger partial charge in [0.25, 0.3) is 0 Å². The fraction of sp³-hybridized carbons (Fsp3) is 0.636. The van der Waals surface area contributed by atoms with Gasteiger partial charge in [-0.15, -0.1) is 0 Å². The SMILES string of the molecule is O=C(O)[C@@H]1CN(C(=O)C23CC4CC(CC(C4)C2)C3)C[C@H]1c1ccc(Cl)cc1. The van der Waals surface area contributed by atoms with E-state index in [1.54, 1.807) is 12.1 Å². The van der Waals surface area contributed by atoms with Gasteiger partial charge >= 0.3 is 5.97 Å². The monoisotopic (exact) mass is 387 g/mol. The Morgan fingerprint density at radius 2 is 1.52 bits per heavy atom. The van der Waals surface area contributed by atoms with E-state index in [1.165, 1.54) is 19.3 Å². The molecule has 1 heterocycles. The molecule has 1 aromatic carbocycles. The third kappa shape index (κ3) is 2.88. The van der Waals surface area contributed by atoms with Crippen LogP contribution in [-0.4, -0.2) is 35.0 Å². The molecule has 0 unspecified atom stereocenters. The van der Waals surface area contributed by atoms with Crippen LogP contribution in [0.4, 0.5) is 0 Å². The summed E-state index contributed by atoms with van der Waals surface area (Å²) in [6.07, 6.45) is 6.99. The molecule has 27 heavy (non-hydrogen) atoms. The second-order valence-electron chi connectivity index (χ2n) is 9.51. The molecule has 4 nitrogen and oxygen atoms in total. The fourth-order valence-electron chi connectivity index (χ4n) is 6.98. The number of likely N-dealkylation sites (tertiary alicyclic amines) is 1. The Kier molecular flexibility index (Phi) is 4.05. The van der Waals surface area contributed by atoms with Gasteiger partial charge in [-0.05, 0) is 74.0 Å². The first kappa shape index (κ1) is 17.5. The van der Waals surface area contributed by atoms with E-state index in [0.717, 1.165) is 24.8 Å². The number of carbonyl (C=O) groups excluding carboxylic acids is 1. The molecule has 144 valence electrons. The van der Waals surface area contributed by atoms with Gasteiger partial charge in [-0.2, -0.15) is 0 Å². The van der Waals surface area contributed by atoms with Gasteiger partial charge < -0.3 is 10.0 Å². The summed E-state index contributed by atoms with van der Waals surface area (Å²) in [4.78, 5) is 27.4. The number of carboxylic acids is 1. The van der Waals surface area contributed by atoms with Crippen molar-refractivity contribution in [1.82, 2.24) is 4.90 Å². The maximum absolute atomic E-state index is 13.6. The quantitative estimate of drug-likeness (QED) is 0.846. The minimum atomic E-state index is -0.809. The number of rotatable bonds is 3. The van der Waals surface area contributed by atoms with E-state index >= 15 is 0 Å². The number of carboxylic acid groups (broad SMARTS) is 1. The largest absolute Gasteiger partial charge is 0.481 e. The summed E-state index contributed by atoms with van der Waals surface area (Å²) in [6, 6.07) is 7.42. The standard InChI is InChI=1S/C22H26ClNO3/c23-17-3-1-16(2-4-17)18-11-24(12-19(18)20(25)26)21(27)22-8-13-5-14(9-22)7-15(6-13)10-22/h1-4,13-15,18-19H,5-12H2,(H,25,26)/t13?,14?,15?,18-,19+,22?/m0/s1. The van der Waals surface area contributed by atoms with Crippen LogP contribution in [0.2, 0.25) is 5.02 Å². The summed E-state index contributed by atoms with van der Waals surface area (Å²) >= 11 is 5.99. The number of hydrogen-bond acceptors (Lipinski definition) is 2. The predicted octanol–water partition coefficient (Wildman–Crippen LogP) is 4.18. The predicted molar refractivity (Wildman–Crippen MR) is 103 cm³/mol. The van der Waals surface area contributed by atoms with Crippen LogP contribution in [0.1, 0.15) is 50.0 Å². The number of benzene rings is 1. The highest BCUT2D eigenvalue weighted by molar-refractivity contribution is 6.30. The highest BCUT2D eigenvalue weighted by Gasteiger charge is 2.56. The zero-order valence-corrected chi connectivity index (χ0v) is 16.2. The van der Waals surface area contributed by atoms with Crippen molar-refractivity contribution < 1.29 is 14.7 Å². The molecular formula is C22H26ClNO3. The van der Waals surface area contributed by atoms with Crippen molar-refractivity contribution >= 4 is 23.5 Å². The summed E-state index contributed by atoms with van der Waals surface area (Å²) in [5, 5.41) is 10.4. The molecule has 2 atom stereocenters. The van der Waals surface area contributed by atoms with Crippen LogP contribution < -0.4 is 0 Å². The Morgan fingerprint density at radius 3 is 2.04 bits per heavy atom. The third-order valence-electron chi connectivity index (χ3n) is 7.71. The average Bonchev–Trinajstić information content (AvgIpc) is 3.06. The Balaban J connectivity index is 1.40. The minimum absolute atomic E-state index is 0.155. The van der Waals surface area contributed by atoms with Crippen LogP contribution in [0.3, 0.4) is 0 Å². The normalized spacial score (nSPS) is 39.7. The summed E-state index contributed by atoms with van der Waals surface area (Å²) in [7, 11) is 0. The van der Waals surface area contributed by atoms with Gasteiger partial charge in [0.15, 0.2) is 0 Å². The Morgan fingerprint density at radius 1 is 0.963 bits per heavy atom. The van der Waals surface area contributed by atoms with E-state index in [1.807, 2.05) is 17.0 Å². The molecule has 6 rings (SSSR count). The summed E-state index contributed by atoms with van der Waals surface area (Å²) in [6.45, 7) is 0.850. The van der Waals surface area contributed by atoms with Crippen LogP contribution in [0, 0.1) is 29.1 Å². The van der Waals surface area contributed by atoms with Gasteiger partial charge in [-0.25, -0.2) is 0 Å². The lowest BCUT2D eigenvalue weighted by molar-refractivity contribution is -0.157. The number of aliphatic carboxylic acids is 1. The summed E-state index contributed by atoms with van der Waals surface area (Å²) in [5.41, 5.74) is 0.764. The van der Waals surface area contributed by atoms with Gasteiger partial charge in [0, 0.05) is 24.0 Å². The smallest absolute Gasteiger partial charge is 0.308 e. The van der Waals surface area contributed by atoms with Crippen molar-refractivity contribution in [2.75, 3.05) is 13.1 Å². The van der Waals surface area contributed by atoms with Crippen LogP contribution in [0.25, 0.3) is 0 Å². The first-order valence-electron chi connectivity index (χ1n) is 10.2. The van der Waals surface area contributed by atoms with Crippen LogP contribution >= 0.6 is 11.6 Å². The van der Waals surface area contributed by atoms with Crippen LogP contribution in [0.15, 0.2) is 24.3 Å². The molecule has 5 fully saturated rings. The summed E-state index contributed by atoms with van der Waals surface area (Å²) < 4.78 is 0. The topological polar surface area (TPSA) is 57.6 Å². The molecule has 1 amide bonds. The number of hydrogen-bond donors (Lipinski definition) is 1. The van der Waals surface area contributed by atoms with E-state index in [4.69, 9.17) is 11.6 Å². The van der Waals surface area contributed by atoms with E-state index < -0.39 is 11.9 Å². The first-order chi connectivity index (χ1) is 12.9. The lowest BCUT2D eigenvalue weighted by Crippen LogP contribution is -2.54. The lowest BCUT2D eigenvalue weighted by Gasteiger charge is -2.56. The van der Waals surface area contributed by atoms with Crippen molar-refractivity contribution in [2.24, 2.45) is 29.1 Å². The highest BCUT2D eigenvalue weighted by Crippen LogP contribution is 2.60. The zero-order valence-electron chi connectivity index (χ0n) is 15.4. The first-order valence-corrected chi connectivity index (χ1v) is 10.6. The molecule has 5 aliphatic rings. The molecule has 4 aliphatic carbocycles. The highest BCUT2D eigenvalue weighted by atomic mass is 35.5. The molecule has 5 heteroatoms. The van der Waals surface area contributed by atoms with Gasteiger partial charge in [-0.3, -0.25) is 9.59 Å². The van der Waals surface area contributed by atoms with Crippen molar-refractivity contribution in [3.8, 4) is 0 Å². The second-order valence-corrected chi connectivity index (χ2v) is 9.95. The van der Waals surface area contributed by atoms with Crippen LogP contribution in [-0.2, 0) is 9.59 Å². The molecule has 0 aromatic heterocycles. The zero-order chi connectivity index (χ0) is 18.8. The molecule has 0 spiro atoms. The lowest BCUT2D eigenvalue weighted by atomic mass is 9.49. The van der Waals surface area contributed by atoms with Crippen molar-refractivity contribution in [3.05, 3.63) is 34.9 Å². The molecule has 1 aliphatic heterocycles. The molecule has 4 bridgehead atoms. The molecule has 1 N–H and O–H groups in total. The maximum atomic E-state index is 13.6. The molecule has 4 saturated carbocycles. The number of amides is 1. The van der Waals surface area contributed by atoms with Crippen molar-refractivity contribution in [3.63, 3.8) is 0 Å². The summed E-state index contributed by atoms with van der Waals surface area (Å²) in [5.74, 6) is 0.877. The molecule has 1 aromatic rings. The van der Waals surface area contributed by atoms with Gasteiger partial charge in [0.1, 0.15) is 0 Å². The second kappa shape index (κ2) is 6.23. The van der Waals surface area contributed by atoms with Crippen LogP contribution in [0.5, 0.6) is 0 Å². The third-order valence-corrected chi connectivity index (χ3v) is 7.97. The number of halogens is 1. The number of nitrogens with zero attached hydrogens (tertiary/aromatic N) is 1. The molecule has 0 radical (unpaired) electrons. The van der Waals surface area contributed by atoms with E-state index in [9.17, 15) is 14.7 Å².